The van der Waals surface area contributed by atoms with Crippen LogP contribution < -0.4 is 14.8 Å². The lowest BCUT2D eigenvalue weighted by Gasteiger charge is -2.31. The van der Waals surface area contributed by atoms with Gasteiger partial charge in [-0.25, -0.2) is 0 Å². The van der Waals surface area contributed by atoms with E-state index in [9.17, 15) is 15.3 Å². The van der Waals surface area contributed by atoms with Crippen molar-refractivity contribution in [2.45, 2.75) is 25.0 Å². The van der Waals surface area contributed by atoms with Gasteiger partial charge in [0.15, 0.2) is 11.5 Å². The topological polar surface area (TPSA) is 91.2 Å². The predicted octanol–water partition coefficient (Wildman–Crippen LogP) is 0.172. The average Bonchev–Trinajstić information content (AvgIpc) is 2.96. The Balaban J connectivity index is 1.99. The molecule has 0 fully saturated rings. The SMILES string of the molecule is CCC(CO)(CO)NCC(O)c1ccc2c(c1)OCO2. The quantitative estimate of drug-likeness (QED) is 0.570. The molecule has 1 aliphatic rings. The van der Waals surface area contributed by atoms with Gasteiger partial charge in [-0.1, -0.05) is 13.0 Å². The maximum atomic E-state index is 10.2. The molecule has 0 spiro atoms. The van der Waals surface area contributed by atoms with E-state index in [1.54, 1.807) is 18.2 Å². The molecule has 0 amide bonds. The number of β-amino-alcohol motifs (C(OH)–C–C–N with tert-alkyl or cyclic N) is 1. The third kappa shape index (κ3) is 3.04. The number of nitrogens with one attached hydrogen (secondary N) is 1. The summed E-state index contributed by atoms with van der Waals surface area (Å²) < 4.78 is 10.5. The van der Waals surface area contributed by atoms with Crippen LogP contribution in [0.2, 0.25) is 0 Å². The molecule has 20 heavy (non-hydrogen) atoms. The van der Waals surface area contributed by atoms with Gasteiger partial charge in [-0.15, -0.1) is 0 Å². The molecule has 1 aromatic carbocycles. The largest absolute Gasteiger partial charge is 0.454 e. The summed E-state index contributed by atoms with van der Waals surface area (Å²) in [6.45, 7) is 1.92. The number of rotatable bonds is 7. The molecule has 0 radical (unpaired) electrons. The number of aliphatic hydroxyl groups is 3. The molecule has 6 heteroatoms. The first-order valence-corrected chi connectivity index (χ1v) is 6.68. The van der Waals surface area contributed by atoms with Gasteiger partial charge < -0.3 is 30.1 Å². The lowest BCUT2D eigenvalue weighted by Crippen LogP contribution is -2.52. The molecule has 1 aliphatic heterocycles. The minimum atomic E-state index is -0.767. The van der Waals surface area contributed by atoms with Crippen molar-refractivity contribution in [1.82, 2.24) is 5.32 Å². The van der Waals surface area contributed by atoms with Crippen LogP contribution >= 0.6 is 0 Å². The van der Waals surface area contributed by atoms with E-state index in [2.05, 4.69) is 5.32 Å². The Labute approximate surface area is 118 Å². The zero-order valence-electron chi connectivity index (χ0n) is 11.5. The summed E-state index contributed by atoms with van der Waals surface area (Å²) >= 11 is 0. The Morgan fingerprint density at radius 2 is 1.95 bits per heavy atom. The van der Waals surface area contributed by atoms with Gasteiger partial charge in [-0.05, 0) is 24.1 Å². The lowest BCUT2D eigenvalue weighted by atomic mass is 9.97. The van der Waals surface area contributed by atoms with Gasteiger partial charge in [0.2, 0.25) is 6.79 Å². The van der Waals surface area contributed by atoms with E-state index in [1.165, 1.54) is 0 Å². The van der Waals surface area contributed by atoms with Crippen LogP contribution in [-0.4, -0.2) is 47.4 Å². The average molecular weight is 283 g/mol. The van der Waals surface area contributed by atoms with E-state index >= 15 is 0 Å². The standard InChI is InChI=1S/C14H21NO5/c1-2-14(7-16,8-17)15-6-11(18)10-3-4-12-13(5-10)20-9-19-12/h3-5,11,15-18H,2,6-9H2,1H3. The molecule has 0 bridgehead atoms. The third-order valence-electron chi connectivity index (χ3n) is 3.73. The molecule has 112 valence electrons. The van der Waals surface area contributed by atoms with Gasteiger partial charge in [0, 0.05) is 6.54 Å². The van der Waals surface area contributed by atoms with Crippen LogP contribution in [0.3, 0.4) is 0 Å². The molecule has 2 rings (SSSR count). The van der Waals surface area contributed by atoms with Gasteiger partial charge >= 0.3 is 0 Å². The van der Waals surface area contributed by atoms with Gasteiger partial charge in [-0.2, -0.15) is 0 Å². The Bertz CT molecular complexity index is 439. The highest BCUT2D eigenvalue weighted by molar-refractivity contribution is 5.45. The first-order valence-electron chi connectivity index (χ1n) is 6.68. The molecule has 1 atom stereocenters. The smallest absolute Gasteiger partial charge is 0.231 e. The summed E-state index contributed by atoms with van der Waals surface area (Å²) in [7, 11) is 0. The number of benzene rings is 1. The van der Waals surface area contributed by atoms with Crippen molar-refractivity contribution in [3.8, 4) is 11.5 Å². The molecule has 0 aliphatic carbocycles. The van der Waals surface area contributed by atoms with Crippen LogP contribution in [0.15, 0.2) is 18.2 Å². The summed E-state index contributed by atoms with van der Waals surface area (Å²) in [6, 6.07) is 5.26. The van der Waals surface area contributed by atoms with Crippen molar-refractivity contribution < 1.29 is 24.8 Å². The van der Waals surface area contributed by atoms with E-state index in [0.717, 1.165) is 0 Å². The number of ether oxygens (including phenoxy) is 2. The fourth-order valence-corrected chi connectivity index (χ4v) is 2.06. The zero-order valence-corrected chi connectivity index (χ0v) is 11.5. The van der Waals surface area contributed by atoms with Crippen molar-refractivity contribution >= 4 is 0 Å². The maximum absolute atomic E-state index is 10.2. The molecular formula is C14H21NO5. The van der Waals surface area contributed by atoms with Crippen LogP contribution in [-0.2, 0) is 0 Å². The van der Waals surface area contributed by atoms with Crippen molar-refractivity contribution in [1.29, 1.82) is 0 Å². The highest BCUT2D eigenvalue weighted by Crippen LogP contribution is 2.34. The molecule has 1 aromatic rings. The molecule has 1 unspecified atom stereocenters. The van der Waals surface area contributed by atoms with Crippen LogP contribution in [0.1, 0.15) is 25.0 Å². The minimum Gasteiger partial charge on any atom is -0.454 e. The van der Waals surface area contributed by atoms with E-state index < -0.39 is 11.6 Å². The normalized spacial score (nSPS) is 15.4. The van der Waals surface area contributed by atoms with Gasteiger partial charge in [0.1, 0.15) is 0 Å². The van der Waals surface area contributed by atoms with Crippen LogP contribution in [0.25, 0.3) is 0 Å². The van der Waals surface area contributed by atoms with Crippen LogP contribution in [0.5, 0.6) is 11.5 Å². The molecule has 4 N–H and O–H groups in total. The number of hydrogen-bond acceptors (Lipinski definition) is 6. The third-order valence-corrected chi connectivity index (χ3v) is 3.73. The van der Waals surface area contributed by atoms with E-state index in [-0.39, 0.29) is 26.6 Å². The Hall–Kier alpha value is -1.34. The summed E-state index contributed by atoms with van der Waals surface area (Å²) in [5.74, 6) is 1.29. The maximum Gasteiger partial charge on any atom is 0.231 e. The molecule has 6 nitrogen and oxygen atoms in total. The van der Waals surface area contributed by atoms with Crippen molar-refractivity contribution in [2.24, 2.45) is 0 Å². The van der Waals surface area contributed by atoms with Crippen LogP contribution in [0, 0.1) is 0 Å². The zero-order chi connectivity index (χ0) is 14.6. The summed E-state index contributed by atoms with van der Waals surface area (Å²) in [6.07, 6.45) is -0.193. The Kier molecular flexibility index (Phi) is 4.82. The second-order valence-electron chi connectivity index (χ2n) is 4.96. The highest BCUT2D eigenvalue weighted by Gasteiger charge is 2.27. The summed E-state index contributed by atoms with van der Waals surface area (Å²) in [5.41, 5.74) is -0.0697. The number of aliphatic hydroxyl groups excluding tert-OH is 3. The Morgan fingerprint density at radius 1 is 1.25 bits per heavy atom. The highest BCUT2D eigenvalue weighted by atomic mass is 16.7. The van der Waals surface area contributed by atoms with Crippen molar-refractivity contribution in [3.63, 3.8) is 0 Å². The van der Waals surface area contributed by atoms with E-state index in [4.69, 9.17) is 9.47 Å². The molecule has 0 saturated heterocycles. The number of hydrogen-bond donors (Lipinski definition) is 4. The number of fused-ring (bicyclic) bond motifs is 1. The first-order chi connectivity index (χ1) is 9.64. The molecule has 0 saturated carbocycles. The monoisotopic (exact) mass is 283 g/mol. The lowest BCUT2D eigenvalue weighted by molar-refractivity contribution is 0.0706. The van der Waals surface area contributed by atoms with Gasteiger partial charge in [0.25, 0.3) is 0 Å². The van der Waals surface area contributed by atoms with E-state index in [0.29, 0.717) is 23.5 Å². The van der Waals surface area contributed by atoms with Crippen molar-refractivity contribution in [2.75, 3.05) is 26.6 Å². The second-order valence-corrected chi connectivity index (χ2v) is 4.96. The minimum absolute atomic E-state index is 0.187. The molecule has 0 aromatic heterocycles. The Morgan fingerprint density at radius 3 is 2.60 bits per heavy atom. The summed E-state index contributed by atoms with van der Waals surface area (Å²) in [5, 5.41) is 31.9. The first kappa shape index (κ1) is 15.1. The van der Waals surface area contributed by atoms with E-state index in [1.807, 2.05) is 6.92 Å². The second kappa shape index (κ2) is 6.41. The van der Waals surface area contributed by atoms with Gasteiger partial charge in [-0.3, -0.25) is 0 Å². The molecular weight excluding hydrogens is 262 g/mol. The van der Waals surface area contributed by atoms with Crippen LogP contribution in [0.4, 0.5) is 0 Å². The molecule has 1 heterocycles. The van der Waals surface area contributed by atoms with Gasteiger partial charge in [0.05, 0.1) is 24.9 Å². The fourth-order valence-electron chi connectivity index (χ4n) is 2.06. The summed E-state index contributed by atoms with van der Waals surface area (Å²) in [4.78, 5) is 0. The predicted molar refractivity (Wildman–Crippen MR) is 72.7 cm³/mol. The fraction of sp³-hybridized carbons (Fsp3) is 0.571. The van der Waals surface area contributed by atoms with Crippen molar-refractivity contribution in [3.05, 3.63) is 23.8 Å².